The SMILES string of the molecule is CCc1ccsc1CNCCS(=O)(=O)C(C)(C)C. The number of thiophene rings is 1. The fourth-order valence-electron chi connectivity index (χ4n) is 1.55. The zero-order valence-electron chi connectivity index (χ0n) is 11.6. The van der Waals surface area contributed by atoms with Crippen LogP contribution in [0.1, 0.15) is 38.1 Å². The monoisotopic (exact) mass is 289 g/mol. The molecular weight excluding hydrogens is 266 g/mol. The molecule has 1 aromatic rings. The first kappa shape index (κ1) is 15.7. The van der Waals surface area contributed by atoms with Crippen molar-refractivity contribution in [1.29, 1.82) is 0 Å². The average molecular weight is 289 g/mol. The zero-order valence-corrected chi connectivity index (χ0v) is 13.2. The molecule has 0 aliphatic heterocycles. The van der Waals surface area contributed by atoms with Gasteiger partial charge in [0.05, 0.1) is 10.5 Å². The summed E-state index contributed by atoms with van der Waals surface area (Å²) in [5.74, 6) is 0.198. The summed E-state index contributed by atoms with van der Waals surface area (Å²) in [5, 5.41) is 5.31. The molecule has 0 fully saturated rings. The molecule has 0 bridgehead atoms. The van der Waals surface area contributed by atoms with Gasteiger partial charge < -0.3 is 5.32 Å². The van der Waals surface area contributed by atoms with Gasteiger partial charge in [-0.25, -0.2) is 8.42 Å². The van der Waals surface area contributed by atoms with Gasteiger partial charge in [-0.3, -0.25) is 0 Å². The number of hydrogen-bond donors (Lipinski definition) is 1. The molecule has 18 heavy (non-hydrogen) atoms. The molecule has 0 spiro atoms. The minimum absolute atomic E-state index is 0.198. The van der Waals surface area contributed by atoms with E-state index in [1.165, 1.54) is 10.4 Å². The van der Waals surface area contributed by atoms with Crippen LogP contribution in [0.5, 0.6) is 0 Å². The molecule has 0 aliphatic rings. The molecular formula is C13H23NO2S2. The largest absolute Gasteiger partial charge is 0.311 e. The Morgan fingerprint density at radius 3 is 2.56 bits per heavy atom. The van der Waals surface area contributed by atoms with E-state index < -0.39 is 14.6 Å². The van der Waals surface area contributed by atoms with E-state index in [1.54, 1.807) is 32.1 Å². The van der Waals surface area contributed by atoms with Crippen molar-refractivity contribution in [3.63, 3.8) is 0 Å². The predicted molar refractivity (Wildman–Crippen MR) is 78.9 cm³/mol. The second kappa shape index (κ2) is 6.17. The van der Waals surface area contributed by atoms with E-state index in [2.05, 4.69) is 23.7 Å². The van der Waals surface area contributed by atoms with Gasteiger partial charge in [-0.15, -0.1) is 11.3 Å². The molecule has 3 nitrogen and oxygen atoms in total. The highest BCUT2D eigenvalue weighted by molar-refractivity contribution is 7.92. The molecule has 0 unspecified atom stereocenters. The van der Waals surface area contributed by atoms with E-state index >= 15 is 0 Å². The van der Waals surface area contributed by atoms with Crippen molar-refractivity contribution < 1.29 is 8.42 Å². The van der Waals surface area contributed by atoms with Crippen LogP contribution in [-0.2, 0) is 22.8 Å². The van der Waals surface area contributed by atoms with Gasteiger partial charge in [-0.2, -0.15) is 0 Å². The van der Waals surface area contributed by atoms with Crippen molar-refractivity contribution >= 4 is 21.2 Å². The maximum atomic E-state index is 11.9. The molecule has 0 atom stereocenters. The van der Waals surface area contributed by atoms with Crippen molar-refractivity contribution in [2.45, 2.75) is 45.4 Å². The Balaban J connectivity index is 2.41. The first-order valence-electron chi connectivity index (χ1n) is 6.26. The van der Waals surface area contributed by atoms with Crippen molar-refractivity contribution in [3.8, 4) is 0 Å². The molecule has 0 saturated carbocycles. The molecule has 1 aromatic heterocycles. The van der Waals surface area contributed by atoms with Crippen LogP contribution >= 0.6 is 11.3 Å². The van der Waals surface area contributed by atoms with Crippen LogP contribution in [0.15, 0.2) is 11.4 Å². The van der Waals surface area contributed by atoms with Crippen molar-refractivity contribution in [2.24, 2.45) is 0 Å². The van der Waals surface area contributed by atoms with Gasteiger partial charge in [-0.1, -0.05) is 6.92 Å². The maximum absolute atomic E-state index is 11.9. The van der Waals surface area contributed by atoms with Crippen LogP contribution < -0.4 is 5.32 Å². The summed E-state index contributed by atoms with van der Waals surface area (Å²) in [6.07, 6.45) is 1.03. The zero-order chi connectivity index (χ0) is 13.8. The van der Waals surface area contributed by atoms with Gasteiger partial charge in [0.15, 0.2) is 9.84 Å². The molecule has 1 N–H and O–H groups in total. The fourth-order valence-corrected chi connectivity index (χ4v) is 3.52. The maximum Gasteiger partial charge on any atom is 0.156 e. The van der Waals surface area contributed by atoms with E-state index in [-0.39, 0.29) is 5.75 Å². The lowest BCUT2D eigenvalue weighted by molar-refractivity contribution is 0.556. The number of sulfone groups is 1. The fraction of sp³-hybridized carbons (Fsp3) is 0.692. The Morgan fingerprint density at radius 2 is 2.00 bits per heavy atom. The lowest BCUT2D eigenvalue weighted by atomic mass is 10.2. The van der Waals surface area contributed by atoms with Gasteiger partial charge in [0, 0.05) is 18.0 Å². The summed E-state index contributed by atoms with van der Waals surface area (Å²) in [6.45, 7) is 8.65. The number of nitrogens with one attached hydrogen (secondary N) is 1. The minimum atomic E-state index is -3.01. The van der Waals surface area contributed by atoms with Gasteiger partial charge in [0.1, 0.15) is 0 Å². The third-order valence-corrected chi connectivity index (χ3v) is 6.56. The highest BCUT2D eigenvalue weighted by Crippen LogP contribution is 2.17. The molecule has 0 radical (unpaired) electrons. The third-order valence-electron chi connectivity index (χ3n) is 2.98. The van der Waals surface area contributed by atoms with Crippen LogP contribution in [0.3, 0.4) is 0 Å². The summed E-state index contributed by atoms with van der Waals surface area (Å²) in [5.41, 5.74) is 1.35. The standard InChI is InChI=1S/C13H23NO2S2/c1-5-11-6-8-17-12(11)10-14-7-9-18(15,16)13(2,3)4/h6,8,14H,5,7,9-10H2,1-4H3. The molecule has 104 valence electrons. The predicted octanol–water partition coefficient (Wildman–Crippen LogP) is 2.61. The Bertz CT molecular complexity index is 469. The third kappa shape index (κ3) is 4.07. The molecule has 5 heteroatoms. The Kier molecular flexibility index (Phi) is 5.37. The molecule has 1 heterocycles. The van der Waals surface area contributed by atoms with Crippen LogP contribution in [0, 0.1) is 0 Å². The molecule has 0 aliphatic carbocycles. The second-order valence-corrected chi connectivity index (χ2v) is 9.19. The Labute approximate surface area is 115 Å². The van der Waals surface area contributed by atoms with E-state index in [0.29, 0.717) is 6.54 Å². The molecule has 0 aromatic carbocycles. The summed E-state index contributed by atoms with van der Waals surface area (Å²) in [7, 11) is -3.01. The van der Waals surface area contributed by atoms with E-state index in [0.717, 1.165) is 13.0 Å². The Morgan fingerprint density at radius 1 is 1.33 bits per heavy atom. The Hall–Kier alpha value is -0.390. The van der Waals surface area contributed by atoms with Gasteiger partial charge in [0.2, 0.25) is 0 Å². The molecule has 0 amide bonds. The summed E-state index contributed by atoms with van der Waals surface area (Å²) in [4.78, 5) is 1.31. The van der Waals surface area contributed by atoms with Gasteiger partial charge in [0.25, 0.3) is 0 Å². The van der Waals surface area contributed by atoms with Gasteiger partial charge >= 0.3 is 0 Å². The second-order valence-electron chi connectivity index (χ2n) is 5.33. The van der Waals surface area contributed by atoms with Crippen LogP contribution in [0.2, 0.25) is 0 Å². The van der Waals surface area contributed by atoms with E-state index in [4.69, 9.17) is 0 Å². The normalized spacial score (nSPS) is 12.9. The average Bonchev–Trinajstić information content (AvgIpc) is 2.70. The van der Waals surface area contributed by atoms with Crippen molar-refractivity contribution in [3.05, 3.63) is 21.9 Å². The van der Waals surface area contributed by atoms with E-state index in [1.807, 2.05) is 0 Å². The number of rotatable bonds is 6. The molecule has 1 rings (SSSR count). The van der Waals surface area contributed by atoms with Crippen LogP contribution in [-0.4, -0.2) is 25.5 Å². The lowest BCUT2D eigenvalue weighted by Crippen LogP contribution is -2.34. The highest BCUT2D eigenvalue weighted by Gasteiger charge is 2.27. The highest BCUT2D eigenvalue weighted by atomic mass is 32.2. The van der Waals surface area contributed by atoms with Gasteiger partial charge in [-0.05, 0) is 44.2 Å². The van der Waals surface area contributed by atoms with Crippen molar-refractivity contribution in [1.82, 2.24) is 5.32 Å². The number of aryl methyl sites for hydroxylation is 1. The summed E-state index contributed by atoms with van der Waals surface area (Å²) >= 11 is 1.73. The summed E-state index contributed by atoms with van der Waals surface area (Å²) < 4.78 is 23.1. The quantitative estimate of drug-likeness (QED) is 0.819. The topological polar surface area (TPSA) is 46.2 Å². The van der Waals surface area contributed by atoms with E-state index in [9.17, 15) is 8.42 Å². The first-order chi connectivity index (χ1) is 8.28. The smallest absolute Gasteiger partial charge is 0.156 e. The van der Waals surface area contributed by atoms with Crippen LogP contribution in [0.4, 0.5) is 0 Å². The van der Waals surface area contributed by atoms with Crippen molar-refractivity contribution in [2.75, 3.05) is 12.3 Å². The minimum Gasteiger partial charge on any atom is -0.311 e. The lowest BCUT2D eigenvalue weighted by Gasteiger charge is -2.19. The number of hydrogen-bond acceptors (Lipinski definition) is 4. The molecule has 0 saturated heterocycles. The first-order valence-corrected chi connectivity index (χ1v) is 8.79. The van der Waals surface area contributed by atoms with Crippen LogP contribution in [0.25, 0.3) is 0 Å². The summed E-state index contributed by atoms with van der Waals surface area (Å²) in [6, 6.07) is 2.13.